The molecule has 4 fully saturated rings. The number of nitrogens with one attached hydrogen (secondary N) is 4. The minimum Gasteiger partial charge on any atom is -0.463 e. The van der Waals surface area contributed by atoms with Crippen LogP contribution in [0.4, 0.5) is 43.9 Å². The zero-order valence-electron chi connectivity index (χ0n) is 80.2. The number of rotatable bonds is 36. The molecule has 10 atom stereocenters. The van der Waals surface area contributed by atoms with Gasteiger partial charge in [0.2, 0.25) is 0 Å². The number of amidine groups is 4. The molecule has 4 aromatic carbocycles. The summed E-state index contributed by atoms with van der Waals surface area (Å²) in [5.41, 5.74) is 4.09. The molecule has 0 saturated carbocycles. The number of aromatic nitrogens is 4. The first kappa shape index (κ1) is 115. The van der Waals surface area contributed by atoms with Crippen molar-refractivity contribution in [2.24, 2.45) is 43.6 Å². The predicted molar refractivity (Wildman–Crippen MR) is 547 cm³/mol. The fourth-order valence-corrected chi connectivity index (χ4v) is 21.8. The largest absolute Gasteiger partial charge is 0.463 e. The van der Waals surface area contributed by atoms with Gasteiger partial charge in [0.05, 0.1) is 86.9 Å². The third-order valence-electron chi connectivity index (χ3n) is 23.6. The van der Waals surface area contributed by atoms with E-state index in [2.05, 4.69) is 97.0 Å². The van der Waals surface area contributed by atoms with Crippen molar-refractivity contribution < 1.29 is 120 Å². The summed E-state index contributed by atoms with van der Waals surface area (Å²) in [6.07, 6.45) is 14.8. The minimum atomic E-state index is -3.03. The van der Waals surface area contributed by atoms with Crippen LogP contribution in [0.2, 0.25) is 10.0 Å². The Hall–Kier alpha value is -12.4. The Morgan fingerprint density at radius 1 is 0.393 bits per heavy atom. The van der Waals surface area contributed by atoms with Crippen molar-refractivity contribution >= 4 is 174 Å². The van der Waals surface area contributed by atoms with E-state index in [0.29, 0.717) is 130 Å². The number of carbonyl (C=O) groups is 8. The predicted octanol–water partition coefficient (Wildman–Crippen LogP) is 17.6. The van der Waals surface area contributed by atoms with Crippen LogP contribution in [0.25, 0.3) is 0 Å². The van der Waals surface area contributed by atoms with E-state index in [4.69, 9.17) is 57.1 Å². The summed E-state index contributed by atoms with van der Waals surface area (Å²) in [7, 11) is 0. The van der Waals surface area contributed by atoms with E-state index in [1.165, 1.54) is 134 Å². The molecule has 8 aromatic rings. The highest BCUT2D eigenvalue weighted by Crippen LogP contribution is 2.45. The summed E-state index contributed by atoms with van der Waals surface area (Å²) in [6, 6.07) is 12.2. The molecule has 0 radical (unpaired) electrons. The first-order chi connectivity index (χ1) is 72.2. The van der Waals surface area contributed by atoms with Gasteiger partial charge in [-0.1, -0.05) is 79.3 Å². The Bertz CT molecular complexity index is 6130. The van der Waals surface area contributed by atoms with Gasteiger partial charge >= 0.3 is 23.9 Å². The number of nitrogens with zero attached hydrogens (tertiary/aromatic N) is 12. The van der Waals surface area contributed by atoms with E-state index in [1.54, 1.807) is 86.8 Å². The van der Waals surface area contributed by atoms with E-state index < -0.39 is 133 Å². The van der Waals surface area contributed by atoms with Crippen molar-refractivity contribution in [3.63, 3.8) is 0 Å². The van der Waals surface area contributed by atoms with Gasteiger partial charge in [-0.2, -0.15) is 0 Å². The van der Waals surface area contributed by atoms with Gasteiger partial charge < -0.3 is 59.2 Å². The van der Waals surface area contributed by atoms with Crippen molar-refractivity contribution in [1.82, 2.24) is 60.8 Å². The van der Waals surface area contributed by atoms with Gasteiger partial charge in [0.25, 0.3) is 37.7 Å². The highest BCUT2D eigenvalue weighted by Gasteiger charge is 2.46. The van der Waals surface area contributed by atoms with Crippen molar-refractivity contribution in [2.45, 2.75) is 102 Å². The highest BCUT2D eigenvalue weighted by atomic mass is 79.9. The molecule has 16 rings (SSSR count). The molecule has 8 aliphatic rings. The molecule has 0 amide bonds. The number of piperidine rings is 4. The molecule has 150 heavy (non-hydrogen) atoms. The van der Waals surface area contributed by atoms with Crippen LogP contribution in [0.3, 0.4) is 0 Å². The van der Waals surface area contributed by atoms with Crippen LogP contribution < -0.4 is 21.3 Å². The second-order valence-corrected chi connectivity index (χ2v) is 40.4. The van der Waals surface area contributed by atoms with E-state index >= 15 is 0 Å². The van der Waals surface area contributed by atoms with Crippen LogP contribution in [0.5, 0.6) is 0 Å². The van der Waals surface area contributed by atoms with Crippen molar-refractivity contribution in [3.8, 4) is 0 Å². The van der Waals surface area contributed by atoms with E-state index in [-0.39, 0.29) is 142 Å². The highest BCUT2D eigenvalue weighted by molar-refractivity contribution is 9.10. The van der Waals surface area contributed by atoms with Crippen LogP contribution in [-0.2, 0) is 76.3 Å². The maximum atomic E-state index is 14.7. The SMILES string of the molecule is CCOC(=O)C1=C(CN2CC(/C=C/OC=O)CC(F)(F)C2)NC(c2nccs2)=N[C@H]1c1ccc(F)cc1Br.CCOC(=O)C1=C(CN2CC(/C=C/OC=O)CC(F)(F)C2)NC(c2nccs2)=N[C@H]1c1ccc(F)cc1Cl.CCOC(=O)C1=C(CN2CC(F)CC(/C=C/OC=O)C2)NC(c2nccs2)=N[C@H]1c1ccc(F)cc1Br.CCOC(=O)C1=C(CN2CC(F)CC(/C=C/OC=O)C2)NC(c2nccs2)=N[C@H]1c1ccc(F)cc1Cl. The average molecular weight is 2330 g/mol. The first-order valence-corrected chi connectivity index (χ1v) is 52.4. The van der Waals surface area contributed by atoms with Crippen molar-refractivity contribution in [2.75, 3.05) is 105 Å². The number of esters is 4. The summed E-state index contributed by atoms with van der Waals surface area (Å²) in [6.45, 7) is 8.97. The normalized spacial score (nSPS) is 22.1. The number of hydrogen-bond donors (Lipinski definition) is 4. The lowest BCUT2D eigenvalue weighted by molar-refractivity contribution is -0.140. The standard InChI is InChI=1S/C25H24BrF3N4O4S.C25H25BrF2N4O4S.C25H24ClF3N4O4S.C25H25ClF2N4O4S/c1-2-37-24(35)20-19(12-33-11-15(5-7-36-14-34)10-25(28,29)13-33)31-22(23-30-6-8-38-23)32-21(20)17-4-3-16(27)9-18(17)26;1-2-36-25(34)21-20(13-32-11-15(5-7-35-14-33)9-17(28)12-32)30-23(24-29-6-8-37-24)31-22(21)18-4-3-16(27)10-19(18)26;1-2-37-24(35)20-19(12-33-11-15(5-7-36-14-34)10-25(28,29)13-33)31-22(23-30-6-8-38-23)32-21(20)17-4-3-16(27)9-18(17)26;1-2-36-25(34)21-20(13-32-11-15(5-7-35-14-33)9-17(28)12-32)30-23(24-29-6-8-37-24)31-22(21)18-4-3-16(27)10-19(18)26/h3-9,14-15,21H,2,10-13H2,1H3,(H,31,32);3-8,10,14-15,17,22H,2,9,11-13H2,1H3,(H,30,31);3-9,14-15,21H,2,10-13H2,1H3,(H,31,32);3-8,10,14-15,17,22H,2,9,11-13H2,1H3,(H,30,31)/b4*7-5+/t15?,21-;15?,17?,22-;15?,21-;15?,17?,22-/m0000/s1. The van der Waals surface area contributed by atoms with Gasteiger partial charge in [-0.25, -0.2) is 83.0 Å². The molecule has 0 spiro atoms. The number of aliphatic imine (C=N–C) groups is 4. The first-order valence-electron chi connectivity index (χ1n) is 46.5. The Balaban J connectivity index is 0.000000167. The van der Waals surface area contributed by atoms with Gasteiger partial charge in [0.1, 0.15) is 59.8 Å². The van der Waals surface area contributed by atoms with Crippen LogP contribution in [0.1, 0.15) is 120 Å². The van der Waals surface area contributed by atoms with Crippen LogP contribution >= 0.6 is 100 Å². The summed E-state index contributed by atoms with van der Waals surface area (Å²) in [4.78, 5) is 138. The quantitative estimate of drug-likeness (QED) is 0.00931. The molecule has 0 aliphatic carbocycles. The van der Waals surface area contributed by atoms with E-state index in [1.807, 2.05) is 15.2 Å². The Morgan fingerprint density at radius 3 is 0.913 bits per heavy atom. The summed E-state index contributed by atoms with van der Waals surface area (Å²) in [5, 5.41) is 22.2. The smallest absolute Gasteiger partial charge is 0.338 e. The maximum Gasteiger partial charge on any atom is 0.338 e. The lowest BCUT2D eigenvalue weighted by atomic mass is 9.93. The topological polar surface area (TPSA) is 372 Å². The zero-order chi connectivity index (χ0) is 107. The molecule has 4 aromatic heterocycles. The second kappa shape index (κ2) is 55.1. The Labute approximate surface area is 896 Å². The van der Waals surface area contributed by atoms with Gasteiger partial charge in [-0.05, 0) is 148 Å². The lowest BCUT2D eigenvalue weighted by Crippen LogP contribution is -2.49. The monoisotopic (exact) mass is 2320 g/mol. The van der Waals surface area contributed by atoms with Crippen molar-refractivity contribution in [3.05, 3.63) is 298 Å². The van der Waals surface area contributed by atoms with Gasteiger partial charge in [0, 0.05) is 178 Å². The second-order valence-electron chi connectivity index (χ2n) is 34.3. The number of carbonyl (C=O) groups excluding carboxylic acids is 8. The fraction of sp³-hybridized carbons (Fsp3) is 0.360. The minimum absolute atomic E-state index is 0.0465. The fourth-order valence-electron chi connectivity index (χ4n) is 17.8. The number of ether oxygens (including phenoxy) is 8. The number of benzene rings is 4. The number of likely N-dealkylation sites (tertiary alicyclic amines) is 4. The molecule has 50 heteroatoms. The Kier molecular flexibility index (Phi) is 42.1. The molecular formula is C100H98Br2Cl2F10N16O16S4. The molecule has 32 nitrogen and oxygen atoms in total. The van der Waals surface area contributed by atoms with E-state index in [0.717, 1.165) is 24.7 Å². The Morgan fingerprint density at radius 2 is 0.653 bits per heavy atom. The third-order valence-corrected chi connectivity index (χ3v) is 28.7. The van der Waals surface area contributed by atoms with Crippen molar-refractivity contribution in [1.29, 1.82) is 0 Å². The number of hydrogen-bond acceptors (Lipinski definition) is 36. The van der Waals surface area contributed by atoms with Gasteiger partial charge in [-0.3, -0.25) is 58.7 Å². The van der Waals surface area contributed by atoms with Crippen LogP contribution in [-0.4, -0.2) is 242 Å². The molecule has 4 N–H and O–H groups in total. The number of thiazole rings is 4. The van der Waals surface area contributed by atoms with Gasteiger partial charge in [0.15, 0.2) is 43.4 Å². The molecule has 8 aliphatic heterocycles. The molecule has 12 heterocycles. The zero-order valence-corrected chi connectivity index (χ0v) is 88.2. The summed E-state index contributed by atoms with van der Waals surface area (Å²) in [5.74, 6) is -10.7. The average Bonchev–Trinajstić information content (AvgIpc) is 1.10. The van der Waals surface area contributed by atoms with Crippen LogP contribution in [0.15, 0.2) is 242 Å². The molecule has 0 bridgehead atoms. The summed E-state index contributed by atoms with van der Waals surface area (Å²) >= 11 is 24.9. The third kappa shape index (κ3) is 31.4. The molecule has 6 unspecified atom stereocenters. The molecule has 796 valence electrons. The van der Waals surface area contributed by atoms with Crippen LogP contribution in [0, 0.1) is 46.9 Å². The molecule has 4 saturated heterocycles. The maximum absolute atomic E-state index is 14.7. The lowest BCUT2D eigenvalue weighted by Gasteiger charge is -2.38. The number of halogens is 14. The summed E-state index contributed by atoms with van der Waals surface area (Å²) < 4.78 is 184. The van der Waals surface area contributed by atoms with Gasteiger partial charge in [-0.15, -0.1) is 45.3 Å². The number of alkyl halides is 6. The van der Waals surface area contributed by atoms with E-state index in [9.17, 15) is 82.3 Å². The molecular weight excluding hydrogens is 2230 g/mol.